The zero-order valence-corrected chi connectivity index (χ0v) is 13.3. The van der Waals surface area contributed by atoms with Crippen LogP contribution in [0.5, 0.6) is 11.5 Å². The molecule has 0 unspecified atom stereocenters. The van der Waals surface area contributed by atoms with Gasteiger partial charge < -0.3 is 9.64 Å². The average Bonchev–Trinajstić information content (AvgIpc) is 2.47. The predicted molar refractivity (Wildman–Crippen MR) is 86.6 cm³/mol. The van der Waals surface area contributed by atoms with Gasteiger partial charge in [-0.05, 0) is 24.3 Å². The van der Waals surface area contributed by atoms with Gasteiger partial charge in [-0.3, -0.25) is 10.1 Å². The number of anilines is 1. The molecule has 0 spiro atoms. The van der Waals surface area contributed by atoms with Gasteiger partial charge in [0.2, 0.25) is 0 Å². The highest BCUT2D eigenvalue weighted by molar-refractivity contribution is 9.08. The van der Waals surface area contributed by atoms with Gasteiger partial charge in [0.1, 0.15) is 11.5 Å². The Morgan fingerprint density at radius 3 is 2.52 bits per heavy atom. The number of nitro groups is 1. The summed E-state index contributed by atoms with van der Waals surface area (Å²) in [4.78, 5) is 12.5. The second kappa shape index (κ2) is 6.58. The van der Waals surface area contributed by atoms with Gasteiger partial charge in [0.15, 0.2) is 0 Å². The lowest BCUT2D eigenvalue weighted by atomic mass is 10.2. The molecule has 2 rings (SSSR count). The maximum absolute atomic E-state index is 10.9. The molecule has 0 N–H and O–H groups in total. The third-order valence-corrected chi connectivity index (χ3v) is 3.57. The summed E-state index contributed by atoms with van der Waals surface area (Å²) in [5, 5.41) is 11.3. The Morgan fingerprint density at radius 2 is 1.90 bits per heavy atom. The van der Waals surface area contributed by atoms with Crippen LogP contribution in [0.1, 0.15) is 5.56 Å². The van der Waals surface area contributed by atoms with Crippen LogP contribution in [-0.4, -0.2) is 19.0 Å². The van der Waals surface area contributed by atoms with Crippen molar-refractivity contribution in [1.29, 1.82) is 0 Å². The van der Waals surface area contributed by atoms with E-state index in [1.807, 2.05) is 43.3 Å². The Labute approximate surface area is 131 Å². The van der Waals surface area contributed by atoms with Gasteiger partial charge in [0.25, 0.3) is 5.69 Å². The fourth-order valence-electron chi connectivity index (χ4n) is 1.87. The van der Waals surface area contributed by atoms with E-state index in [4.69, 9.17) is 4.74 Å². The number of rotatable bonds is 5. The maximum atomic E-state index is 10.9. The highest BCUT2D eigenvalue weighted by Crippen LogP contribution is 2.30. The van der Waals surface area contributed by atoms with Crippen LogP contribution in [0.4, 0.5) is 11.4 Å². The summed E-state index contributed by atoms with van der Waals surface area (Å²) in [5.41, 5.74) is 1.69. The Kier molecular flexibility index (Phi) is 4.80. The molecule has 110 valence electrons. The van der Waals surface area contributed by atoms with Crippen molar-refractivity contribution < 1.29 is 9.66 Å². The van der Waals surface area contributed by atoms with Crippen LogP contribution in [0.3, 0.4) is 0 Å². The molecule has 0 radical (unpaired) electrons. The molecule has 21 heavy (non-hydrogen) atoms. The summed E-state index contributed by atoms with van der Waals surface area (Å²) in [6, 6.07) is 12.4. The first-order valence-electron chi connectivity index (χ1n) is 6.30. The van der Waals surface area contributed by atoms with Gasteiger partial charge in [-0.25, -0.2) is 0 Å². The van der Waals surface area contributed by atoms with Gasteiger partial charge in [0, 0.05) is 42.8 Å². The van der Waals surface area contributed by atoms with E-state index >= 15 is 0 Å². The fourth-order valence-corrected chi connectivity index (χ4v) is 2.32. The van der Waals surface area contributed by atoms with E-state index in [0.29, 0.717) is 22.4 Å². The molecule has 5 nitrogen and oxygen atoms in total. The maximum Gasteiger partial charge on any atom is 0.273 e. The lowest BCUT2D eigenvalue weighted by Crippen LogP contribution is -2.08. The minimum Gasteiger partial charge on any atom is -0.457 e. The molecule has 0 bridgehead atoms. The molecular formula is C15H15BrN2O3. The van der Waals surface area contributed by atoms with Crippen LogP contribution in [0.15, 0.2) is 42.5 Å². The van der Waals surface area contributed by atoms with E-state index in [2.05, 4.69) is 15.9 Å². The smallest absolute Gasteiger partial charge is 0.273 e. The van der Waals surface area contributed by atoms with Crippen molar-refractivity contribution in [3.63, 3.8) is 0 Å². The lowest BCUT2D eigenvalue weighted by Gasteiger charge is -2.14. The number of halogens is 1. The van der Waals surface area contributed by atoms with Crippen molar-refractivity contribution >= 4 is 27.3 Å². The zero-order valence-electron chi connectivity index (χ0n) is 11.7. The van der Waals surface area contributed by atoms with Gasteiger partial charge >= 0.3 is 0 Å². The highest BCUT2D eigenvalue weighted by Gasteiger charge is 2.13. The van der Waals surface area contributed by atoms with E-state index in [0.717, 1.165) is 5.69 Å². The summed E-state index contributed by atoms with van der Waals surface area (Å²) in [5.74, 6) is 1.27. The Balaban J connectivity index is 2.27. The van der Waals surface area contributed by atoms with Crippen LogP contribution >= 0.6 is 15.9 Å². The molecule has 2 aromatic rings. The monoisotopic (exact) mass is 350 g/mol. The summed E-state index contributed by atoms with van der Waals surface area (Å²) >= 11 is 3.26. The van der Waals surface area contributed by atoms with E-state index in [9.17, 15) is 10.1 Å². The zero-order chi connectivity index (χ0) is 15.4. The van der Waals surface area contributed by atoms with E-state index < -0.39 is 4.92 Å². The van der Waals surface area contributed by atoms with Crippen molar-refractivity contribution in [3.8, 4) is 11.5 Å². The first-order valence-corrected chi connectivity index (χ1v) is 7.42. The summed E-state index contributed by atoms with van der Waals surface area (Å²) in [6.45, 7) is 0. The Bertz CT molecular complexity index is 659. The van der Waals surface area contributed by atoms with Crippen LogP contribution in [0, 0.1) is 10.1 Å². The quantitative estimate of drug-likeness (QED) is 0.457. The molecule has 0 aliphatic rings. The van der Waals surface area contributed by atoms with Gasteiger partial charge in [-0.2, -0.15) is 0 Å². The molecular weight excluding hydrogens is 336 g/mol. The Hall–Kier alpha value is -2.08. The van der Waals surface area contributed by atoms with Crippen molar-refractivity contribution in [1.82, 2.24) is 0 Å². The molecule has 0 fully saturated rings. The molecule has 2 aromatic carbocycles. The summed E-state index contributed by atoms with van der Waals surface area (Å²) in [6.07, 6.45) is 0. The van der Waals surface area contributed by atoms with Gasteiger partial charge in [-0.15, -0.1) is 0 Å². The summed E-state index contributed by atoms with van der Waals surface area (Å²) < 4.78 is 5.78. The molecule has 6 heteroatoms. The second-order valence-corrected chi connectivity index (χ2v) is 5.24. The van der Waals surface area contributed by atoms with Gasteiger partial charge in [0.05, 0.1) is 4.92 Å². The molecule has 0 aliphatic heterocycles. The number of nitro benzene ring substituents is 1. The van der Waals surface area contributed by atoms with Crippen molar-refractivity contribution in [2.24, 2.45) is 0 Å². The fraction of sp³-hybridized carbons (Fsp3) is 0.200. The molecule has 0 atom stereocenters. The third-order valence-electron chi connectivity index (χ3n) is 2.96. The topological polar surface area (TPSA) is 55.6 Å². The van der Waals surface area contributed by atoms with Crippen LogP contribution in [-0.2, 0) is 5.33 Å². The minimum absolute atomic E-state index is 0.0845. The second-order valence-electron chi connectivity index (χ2n) is 4.68. The van der Waals surface area contributed by atoms with Crippen molar-refractivity contribution in [2.75, 3.05) is 19.0 Å². The average molecular weight is 351 g/mol. The Morgan fingerprint density at radius 1 is 1.19 bits per heavy atom. The third kappa shape index (κ3) is 3.72. The van der Waals surface area contributed by atoms with E-state index in [-0.39, 0.29) is 5.69 Å². The van der Waals surface area contributed by atoms with Crippen LogP contribution in [0.2, 0.25) is 0 Å². The molecule has 0 saturated carbocycles. The van der Waals surface area contributed by atoms with Crippen LogP contribution < -0.4 is 9.64 Å². The number of alkyl halides is 1. The molecule has 0 saturated heterocycles. The van der Waals surface area contributed by atoms with Gasteiger partial charge in [-0.1, -0.05) is 22.0 Å². The minimum atomic E-state index is -0.396. The molecule has 0 aromatic heterocycles. The molecule has 0 heterocycles. The molecule has 0 amide bonds. The van der Waals surface area contributed by atoms with E-state index in [1.165, 1.54) is 6.07 Å². The number of hydrogen-bond donors (Lipinski definition) is 0. The summed E-state index contributed by atoms with van der Waals surface area (Å²) in [7, 11) is 3.90. The first-order chi connectivity index (χ1) is 10.0. The van der Waals surface area contributed by atoms with Crippen molar-refractivity contribution in [3.05, 3.63) is 58.1 Å². The number of benzene rings is 2. The van der Waals surface area contributed by atoms with Crippen molar-refractivity contribution in [2.45, 2.75) is 5.33 Å². The largest absolute Gasteiger partial charge is 0.457 e. The number of hydrogen-bond acceptors (Lipinski definition) is 4. The lowest BCUT2D eigenvalue weighted by molar-refractivity contribution is -0.385. The number of nitrogens with zero attached hydrogens (tertiary/aromatic N) is 2. The first kappa shape index (κ1) is 15.3. The van der Waals surface area contributed by atoms with E-state index in [1.54, 1.807) is 12.1 Å². The standard InChI is InChI=1S/C15H15BrN2O3/c1-17(2)12-4-3-5-13(9-12)21-14-6-7-15(18(19)20)11(8-14)10-16/h3-9H,10H2,1-2H3. The SMILES string of the molecule is CN(C)c1cccc(Oc2ccc([N+](=O)[O-])c(CBr)c2)c1. The van der Waals surface area contributed by atoms with Crippen LogP contribution in [0.25, 0.3) is 0 Å². The normalized spacial score (nSPS) is 10.2. The molecule has 0 aliphatic carbocycles. The predicted octanol–water partition coefficient (Wildman–Crippen LogP) is 4.35. The number of ether oxygens (including phenoxy) is 1. The highest BCUT2D eigenvalue weighted by atomic mass is 79.9.